The molecule has 0 amide bonds. The number of hydrogen-bond donors (Lipinski definition) is 2. The maximum absolute atomic E-state index is 14.2. The molecule has 256 valence electrons. The highest BCUT2D eigenvalue weighted by Crippen LogP contribution is 2.27. The molecule has 4 aromatic carbocycles. The van der Waals surface area contributed by atoms with Gasteiger partial charge in [-0.05, 0) is 74.9 Å². The van der Waals surface area contributed by atoms with E-state index in [0.717, 1.165) is 65.2 Å². The predicted molar refractivity (Wildman–Crippen MR) is 195 cm³/mol. The van der Waals surface area contributed by atoms with Crippen LogP contribution >= 0.6 is 12.2 Å². The molecule has 1 saturated heterocycles. The lowest BCUT2D eigenvalue weighted by atomic mass is 10.1. The van der Waals surface area contributed by atoms with Gasteiger partial charge in [-0.3, -0.25) is 9.80 Å². The van der Waals surface area contributed by atoms with Gasteiger partial charge in [-0.2, -0.15) is 0 Å². The third-order valence-corrected chi connectivity index (χ3v) is 11.1. The van der Waals surface area contributed by atoms with E-state index in [1.54, 1.807) is 0 Å². The van der Waals surface area contributed by atoms with Crippen molar-refractivity contribution in [2.75, 3.05) is 26.2 Å². The zero-order valence-corrected chi connectivity index (χ0v) is 30.5. The first-order valence-electron chi connectivity index (χ1n) is 16.4. The van der Waals surface area contributed by atoms with E-state index in [4.69, 9.17) is 9.22 Å². The van der Waals surface area contributed by atoms with Crippen molar-refractivity contribution in [1.29, 1.82) is 0 Å². The van der Waals surface area contributed by atoms with Gasteiger partial charge in [0.25, 0.3) is 0 Å². The molecule has 0 spiro atoms. The Hall–Kier alpha value is -3.22. The van der Waals surface area contributed by atoms with Crippen molar-refractivity contribution in [3.63, 3.8) is 0 Å². The first kappa shape index (κ1) is 36.1. The topological polar surface area (TPSA) is 83.1 Å². The Morgan fingerprint density at radius 1 is 0.688 bits per heavy atom. The van der Waals surface area contributed by atoms with Crippen molar-refractivity contribution < 1.29 is 17.6 Å². The quantitative estimate of drug-likeness (QED) is 0.0558. The molecule has 0 aromatic heterocycles. The first-order chi connectivity index (χ1) is 23.0. The summed E-state index contributed by atoms with van der Waals surface area (Å²) >= 11 is 0.987. The van der Waals surface area contributed by atoms with E-state index in [2.05, 4.69) is 74.7 Å². The first-order valence-corrected chi connectivity index (χ1v) is 18.7. The molecule has 4 aromatic rings. The summed E-state index contributed by atoms with van der Waals surface area (Å²) in [6.45, 7) is 15.9. The number of nitrogens with zero attached hydrogens (tertiary/aromatic N) is 2. The van der Waals surface area contributed by atoms with Crippen LogP contribution in [0.4, 0.5) is 0 Å². The van der Waals surface area contributed by atoms with Crippen LogP contribution in [0.2, 0.25) is 0 Å². The lowest BCUT2D eigenvalue weighted by molar-refractivity contribution is -0.0805. The second-order valence-corrected chi connectivity index (χ2v) is 15.3. The molecule has 0 aliphatic carbocycles. The zero-order valence-electron chi connectivity index (χ0n) is 28.8. The summed E-state index contributed by atoms with van der Waals surface area (Å²) in [7, 11) is -3.88. The van der Waals surface area contributed by atoms with Crippen molar-refractivity contribution in [1.82, 2.24) is 19.2 Å². The number of aryl methyl sites for hydroxylation is 6. The van der Waals surface area contributed by atoms with Crippen LogP contribution in [0.5, 0.6) is 5.75 Å². The van der Waals surface area contributed by atoms with Gasteiger partial charge in [0.05, 0.1) is 10.9 Å². The highest BCUT2D eigenvalue weighted by molar-refractivity contribution is 7.92. The lowest BCUT2D eigenvalue weighted by Crippen LogP contribution is -2.60. The van der Waals surface area contributed by atoms with Crippen LogP contribution in [0.3, 0.4) is 0 Å². The molecule has 8 nitrogen and oxygen atoms in total. The molecule has 0 unspecified atom stereocenters. The number of nitrogens with one attached hydrogen (secondary N) is 2. The van der Waals surface area contributed by atoms with Crippen molar-refractivity contribution in [3.8, 4) is 5.75 Å². The Labute approximate surface area is 291 Å². The van der Waals surface area contributed by atoms with Crippen molar-refractivity contribution in [2.45, 2.75) is 71.6 Å². The Kier molecular flexibility index (Phi) is 12.4. The molecule has 0 bridgehead atoms. The number of rotatable bonds is 12. The van der Waals surface area contributed by atoms with E-state index < -0.39 is 16.1 Å². The Morgan fingerprint density at radius 2 is 1.15 bits per heavy atom. The minimum atomic E-state index is -3.88. The minimum absolute atomic E-state index is 0.332. The maximum atomic E-state index is 14.2. The fraction of sp³-hybridized carbons (Fsp3) is 0.368. The van der Waals surface area contributed by atoms with Gasteiger partial charge < -0.3 is 4.89 Å². The molecule has 2 N–H and O–H groups in total. The normalized spacial score (nSPS) is 18.0. The van der Waals surface area contributed by atoms with Crippen LogP contribution in [-0.2, 0) is 27.4 Å². The SMILES string of the molecule is Cc1cc(C)c(OOSN[C@H]2CN(Cc3ccccc3)CCN(Cc3ccccc3)C[C@@H]2NS(=O)(=O)c2c(C)cc(C)cc2C)c(C)c1. The summed E-state index contributed by atoms with van der Waals surface area (Å²) in [5, 5.41) is 0. The van der Waals surface area contributed by atoms with E-state index in [-0.39, 0.29) is 6.04 Å². The van der Waals surface area contributed by atoms with Gasteiger partial charge in [-0.15, -0.1) is 0 Å². The van der Waals surface area contributed by atoms with Gasteiger partial charge in [-0.25, -0.2) is 17.9 Å². The molecular formula is C38H48N4O4S2. The van der Waals surface area contributed by atoms with E-state index in [9.17, 15) is 8.42 Å². The summed E-state index contributed by atoms with van der Waals surface area (Å²) in [6.07, 6.45) is 0. The van der Waals surface area contributed by atoms with Gasteiger partial charge in [0.15, 0.2) is 5.75 Å². The average molecular weight is 689 g/mol. The summed E-state index contributed by atoms with van der Waals surface area (Å²) in [5.74, 6) is 0.676. The van der Waals surface area contributed by atoms with E-state index in [1.807, 2.05) is 71.0 Å². The zero-order chi connectivity index (χ0) is 34.3. The molecule has 10 heteroatoms. The Bertz CT molecular complexity index is 1720. The van der Waals surface area contributed by atoms with Gasteiger partial charge >= 0.3 is 0 Å². The molecule has 1 aliphatic rings. The minimum Gasteiger partial charge on any atom is -0.324 e. The third-order valence-electron chi connectivity index (χ3n) is 8.76. The largest absolute Gasteiger partial charge is 0.324 e. The maximum Gasteiger partial charge on any atom is 0.241 e. The van der Waals surface area contributed by atoms with Gasteiger partial charge in [0.1, 0.15) is 12.2 Å². The van der Waals surface area contributed by atoms with Crippen molar-refractivity contribution in [2.24, 2.45) is 0 Å². The summed E-state index contributed by atoms with van der Waals surface area (Å²) in [6, 6.07) is 27.9. The number of hydrogen-bond acceptors (Lipinski definition) is 8. The summed E-state index contributed by atoms with van der Waals surface area (Å²) < 4.78 is 40.7. The van der Waals surface area contributed by atoms with Crippen molar-refractivity contribution in [3.05, 3.63) is 129 Å². The molecule has 1 aliphatic heterocycles. The summed E-state index contributed by atoms with van der Waals surface area (Å²) in [4.78, 5) is 10.8. The van der Waals surface area contributed by atoms with E-state index >= 15 is 0 Å². The van der Waals surface area contributed by atoms with E-state index in [1.165, 1.54) is 11.1 Å². The van der Waals surface area contributed by atoms with Gasteiger partial charge in [0.2, 0.25) is 10.0 Å². The molecule has 48 heavy (non-hydrogen) atoms. The fourth-order valence-electron chi connectivity index (χ4n) is 6.77. The smallest absolute Gasteiger partial charge is 0.241 e. The molecule has 2 atom stereocenters. The van der Waals surface area contributed by atoms with Gasteiger partial charge in [-0.1, -0.05) is 100 Å². The molecular weight excluding hydrogens is 641 g/mol. The molecule has 1 heterocycles. The molecule has 0 saturated carbocycles. The summed E-state index contributed by atoms with van der Waals surface area (Å²) in [5.41, 5.74) is 8.01. The second-order valence-electron chi connectivity index (χ2n) is 13.1. The number of sulfonamides is 1. The monoisotopic (exact) mass is 688 g/mol. The molecule has 5 rings (SSSR count). The predicted octanol–water partition coefficient (Wildman–Crippen LogP) is 6.73. The van der Waals surface area contributed by atoms with Crippen LogP contribution in [-0.4, -0.2) is 56.5 Å². The van der Waals surface area contributed by atoms with Crippen LogP contribution in [0.1, 0.15) is 44.5 Å². The second kappa shape index (κ2) is 16.5. The fourth-order valence-corrected chi connectivity index (χ4v) is 8.99. The Balaban J connectivity index is 1.44. The lowest BCUT2D eigenvalue weighted by Gasteiger charge is -2.39. The highest BCUT2D eigenvalue weighted by atomic mass is 32.2. The van der Waals surface area contributed by atoms with E-state index in [0.29, 0.717) is 30.3 Å². The molecule has 1 fully saturated rings. The number of benzene rings is 4. The van der Waals surface area contributed by atoms with Crippen molar-refractivity contribution >= 4 is 22.3 Å². The standard InChI is InChI=1S/C38H48N4O4S2/c1-27-19-29(3)37(30(4)20-27)45-46-47-39-35-25-41(23-33-13-9-7-10-14-33)17-18-42(24-34-15-11-8-12-16-34)26-36(35)40-48(43,44)38-31(5)21-28(2)22-32(38)6/h7-16,19-22,35-36,39-40H,17-18,23-26H2,1-6H3/t35-,36-/m0/s1. The third kappa shape index (κ3) is 9.69. The van der Waals surface area contributed by atoms with Crippen LogP contribution in [0.15, 0.2) is 89.8 Å². The van der Waals surface area contributed by atoms with Crippen LogP contribution < -0.4 is 14.3 Å². The van der Waals surface area contributed by atoms with Crippen LogP contribution in [0.25, 0.3) is 0 Å². The van der Waals surface area contributed by atoms with Gasteiger partial charge in [0, 0.05) is 45.3 Å². The average Bonchev–Trinajstić information content (AvgIpc) is 3.01. The Morgan fingerprint density at radius 3 is 1.65 bits per heavy atom. The molecule has 0 radical (unpaired) electrons. The van der Waals surface area contributed by atoms with Crippen LogP contribution in [0, 0.1) is 41.5 Å². The highest BCUT2D eigenvalue weighted by Gasteiger charge is 2.34.